The molecule has 0 unspecified atom stereocenters. The first kappa shape index (κ1) is 9.37. The van der Waals surface area contributed by atoms with Gasteiger partial charge in [0.15, 0.2) is 6.61 Å². The average Bonchev–Trinajstić information content (AvgIpc) is 2.16. The summed E-state index contributed by atoms with van der Waals surface area (Å²) < 4.78 is 21.7. The third kappa shape index (κ3) is 2.66. The number of rotatable bonds is 3. The van der Waals surface area contributed by atoms with Gasteiger partial charge in [-0.15, -0.1) is 0 Å². The normalized spacial score (nSPS) is 9.38. The minimum absolute atomic E-state index is 0.264. The van der Waals surface area contributed by atoms with Crippen molar-refractivity contribution in [1.29, 1.82) is 0 Å². The fourth-order valence-electron chi connectivity index (χ4n) is 0.594. The maximum absolute atomic E-state index is 12.7. The molecule has 0 fully saturated rings. The second-order valence-electron chi connectivity index (χ2n) is 2.04. The van der Waals surface area contributed by atoms with E-state index in [9.17, 15) is 9.18 Å². The maximum atomic E-state index is 12.7. The molecule has 0 spiro atoms. The second-order valence-corrected chi connectivity index (χ2v) is 2.04. The van der Waals surface area contributed by atoms with E-state index < -0.39 is 11.8 Å². The summed E-state index contributed by atoms with van der Waals surface area (Å²) in [4.78, 5) is 17.5. The summed E-state index contributed by atoms with van der Waals surface area (Å²) in [7, 11) is 1.21. The van der Waals surface area contributed by atoms with Gasteiger partial charge in [0.25, 0.3) is 5.88 Å². The van der Waals surface area contributed by atoms with Crippen LogP contribution >= 0.6 is 0 Å². The number of hydrogen-bond acceptors (Lipinski definition) is 5. The van der Waals surface area contributed by atoms with Crippen molar-refractivity contribution in [2.24, 2.45) is 0 Å². The predicted molar refractivity (Wildman–Crippen MR) is 39.5 cm³/mol. The first-order valence-electron chi connectivity index (χ1n) is 3.39. The Labute approximate surface area is 73.5 Å². The predicted octanol–water partition coefficient (Wildman–Crippen LogP) is 0.167. The Bertz CT molecular complexity index is 306. The number of carbonyl (C=O) groups is 1. The van der Waals surface area contributed by atoms with Gasteiger partial charge >= 0.3 is 5.97 Å². The highest BCUT2D eigenvalue weighted by Gasteiger charge is 2.07. The van der Waals surface area contributed by atoms with Gasteiger partial charge in [-0.3, -0.25) is 0 Å². The molecule has 0 aliphatic heterocycles. The zero-order chi connectivity index (χ0) is 9.68. The van der Waals surface area contributed by atoms with Crippen molar-refractivity contribution in [1.82, 2.24) is 9.97 Å². The number of halogens is 1. The first-order chi connectivity index (χ1) is 6.24. The maximum Gasteiger partial charge on any atom is 0.343 e. The Kier molecular flexibility index (Phi) is 3.13. The SMILES string of the molecule is COC(=O)COc1ncncc1F. The molecular weight excluding hydrogens is 179 g/mol. The number of methoxy groups -OCH3 is 1. The summed E-state index contributed by atoms with van der Waals surface area (Å²) in [5, 5.41) is 0. The summed E-state index contributed by atoms with van der Waals surface area (Å²) in [6, 6.07) is 0. The Balaban J connectivity index is 2.54. The van der Waals surface area contributed by atoms with Crippen molar-refractivity contribution in [3.63, 3.8) is 0 Å². The Hall–Kier alpha value is -1.72. The summed E-state index contributed by atoms with van der Waals surface area (Å²) in [5.41, 5.74) is 0. The molecule has 0 aliphatic rings. The molecule has 0 amide bonds. The van der Waals surface area contributed by atoms with Gasteiger partial charge in [-0.1, -0.05) is 0 Å². The largest absolute Gasteiger partial charge is 0.466 e. The van der Waals surface area contributed by atoms with Gasteiger partial charge in [-0.2, -0.15) is 9.37 Å². The summed E-state index contributed by atoms with van der Waals surface area (Å²) in [5.74, 6) is -1.58. The van der Waals surface area contributed by atoms with E-state index in [-0.39, 0.29) is 12.5 Å². The van der Waals surface area contributed by atoms with Gasteiger partial charge < -0.3 is 9.47 Å². The number of ether oxygens (including phenoxy) is 2. The molecule has 0 aromatic carbocycles. The molecule has 0 saturated heterocycles. The number of esters is 1. The van der Waals surface area contributed by atoms with Crippen LogP contribution in [0.15, 0.2) is 12.5 Å². The van der Waals surface area contributed by atoms with E-state index >= 15 is 0 Å². The Morgan fingerprint density at radius 3 is 3.08 bits per heavy atom. The minimum Gasteiger partial charge on any atom is -0.466 e. The van der Waals surface area contributed by atoms with Crippen molar-refractivity contribution in [2.45, 2.75) is 0 Å². The topological polar surface area (TPSA) is 61.3 Å². The molecule has 0 bridgehead atoms. The van der Waals surface area contributed by atoms with Crippen LogP contribution in [0, 0.1) is 5.82 Å². The van der Waals surface area contributed by atoms with Gasteiger partial charge in [0, 0.05) is 0 Å². The fraction of sp³-hybridized carbons (Fsp3) is 0.286. The number of aromatic nitrogens is 2. The Morgan fingerprint density at radius 2 is 2.46 bits per heavy atom. The molecule has 0 aliphatic carbocycles. The lowest BCUT2D eigenvalue weighted by Crippen LogP contribution is -2.13. The van der Waals surface area contributed by atoms with Crippen LogP contribution in [0.2, 0.25) is 0 Å². The van der Waals surface area contributed by atoms with Crippen LogP contribution in [-0.2, 0) is 9.53 Å². The average molecular weight is 186 g/mol. The summed E-state index contributed by atoms with van der Waals surface area (Å²) in [6.45, 7) is -0.371. The molecule has 5 nitrogen and oxygen atoms in total. The third-order valence-corrected chi connectivity index (χ3v) is 1.19. The highest BCUT2D eigenvalue weighted by Crippen LogP contribution is 2.09. The second kappa shape index (κ2) is 4.34. The van der Waals surface area contributed by atoms with Crippen molar-refractivity contribution in [3.8, 4) is 5.88 Å². The van der Waals surface area contributed by atoms with E-state index in [1.165, 1.54) is 7.11 Å². The molecule has 0 radical (unpaired) electrons. The highest BCUT2D eigenvalue weighted by atomic mass is 19.1. The fourth-order valence-corrected chi connectivity index (χ4v) is 0.594. The molecule has 70 valence electrons. The lowest BCUT2D eigenvalue weighted by molar-refractivity contribution is -0.143. The molecular formula is C7H7FN2O3. The van der Waals surface area contributed by atoms with E-state index in [1.54, 1.807) is 0 Å². The summed E-state index contributed by atoms with van der Waals surface area (Å²) in [6.07, 6.45) is 2.06. The zero-order valence-electron chi connectivity index (χ0n) is 6.86. The number of carbonyl (C=O) groups excluding carboxylic acids is 1. The molecule has 0 atom stereocenters. The number of hydrogen-bond donors (Lipinski definition) is 0. The minimum atomic E-state index is -0.716. The van der Waals surface area contributed by atoms with Crippen LogP contribution < -0.4 is 4.74 Å². The summed E-state index contributed by atoms with van der Waals surface area (Å²) >= 11 is 0. The van der Waals surface area contributed by atoms with Crippen LogP contribution in [0.3, 0.4) is 0 Å². The van der Waals surface area contributed by atoms with Gasteiger partial charge in [-0.25, -0.2) is 9.78 Å². The highest BCUT2D eigenvalue weighted by molar-refractivity contribution is 5.70. The molecule has 1 rings (SSSR count). The van der Waals surface area contributed by atoms with E-state index in [2.05, 4.69) is 19.4 Å². The number of nitrogens with zero attached hydrogens (tertiary/aromatic N) is 2. The Morgan fingerprint density at radius 1 is 1.69 bits per heavy atom. The van der Waals surface area contributed by atoms with E-state index in [0.717, 1.165) is 12.5 Å². The molecule has 1 aromatic rings. The van der Waals surface area contributed by atoms with Crippen molar-refractivity contribution < 1.29 is 18.7 Å². The molecule has 6 heteroatoms. The molecule has 0 N–H and O–H groups in total. The third-order valence-electron chi connectivity index (χ3n) is 1.19. The lowest BCUT2D eigenvalue weighted by atomic mass is 10.6. The van der Waals surface area contributed by atoms with E-state index in [4.69, 9.17) is 0 Å². The lowest BCUT2D eigenvalue weighted by Gasteiger charge is -2.02. The van der Waals surface area contributed by atoms with Crippen LogP contribution in [0.25, 0.3) is 0 Å². The van der Waals surface area contributed by atoms with Gasteiger partial charge in [0.1, 0.15) is 6.33 Å². The van der Waals surface area contributed by atoms with Gasteiger partial charge in [0.05, 0.1) is 13.3 Å². The van der Waals surface area contributed by atoms with Crippen molar-refractivity contribution >= 4 is 5.97 Å². The quantitative estimate of drug-likeness (QED) is 0.629. The van der Waals surface area contributed by atoms with Crippen LogP contribution in [0.4, 0.5) is 4.39 Å². The van der Waals surface area contributed by atoms with Crippen molar-refractivity contribution in [3.05, 3.63) is 18.3 Å². The first-order valence-corrected chi connectivity index (χ1v) is 3.39. The molecule has 0 saturated carbocycles. The molecule has 1 heterocycles. The smallest absolute Gasteiger partial charge is 0.343 e. The molecule has 1 aromatic heterocycles. The monoisotopic (exact) mass is 186 g/mol. The van der Waals surface area contributed by atoms with E-state index in [1.807, 2.05) is 0 Å². The van der Waals surface area contributed by atoms with Gasteiger partial charge in [-0.05, 0) is 0 Å². The van der Waals surface area contributed by atoms with Gasteiger partial charge in [0.2, 0.25) is 5.82 Å². The van der Waals surface area contributed by atoms with Crippen LogP contribution in [-0.4, -0.2) is 29.7 Å². The molecule has 13 heavy (non-hydrogen) atoms. The van der Waals surface area contributed by atoms with Crippen LogP contribution in [0.5, 0.6) is 5.88 Å². The van der Waals surface area contributed by atoms with E-state index in [0.29, 0.717) is 0 Å². The standard InChI is InChI=1S/C7H7FN2O3/c1-12-6(11)3-13-7-5(8)2-9-4-10-7/h2,4H,3H2,1H3. The van der Waals surface area contributed by atoms with Crippen LogP contribution in [0.1, 0.15) is 0 Å². The van der Waals surface area contributed by atoms with Crippen molar-refractivity contribution in [2.75, 3.05) is 13.7 Å². The zero-order valence-corrected chi connectivity index (χ0v) is 6.86.